The number of benzene rings is 1. The fraction of sp³-hybridized carbons (Fsp3) is 0.375. The third kappa shape index (κ3) is 5.58. The zero-order chi connectivity index (χ0) is 26.2. The van der Waals surface area contributed by atoms with Crippen molar-refractivity contribution in [3.05, 3.63) is 58.1 Å². The van der Waals surface area contributed by atoms with Crippen molar-refractivity contribution >= 4 is 33.0 Å². The smallest absolute Gasteiger partial charge is 0.417 e. The number of hydrogen-bond donors (Lipinski definition) is 0. The summed E-state index contributed by atoms with van der Waals surface area (Å²) < 4.78 is 85.0. The highest BCUT2D eigenvalue weighted by Crippen LogP contribution is 2.42. The summed E-state index contributed by atoms with van der Waals surface area (Å²) in [7, 11) is -3.79. The molecule has 0 aliphatic carbocycles. The van der Waals surface area contributed by atoms with Crippen molar-refractivity contribution in [2.45, 2.75) is 35.9 Å². The highest BCUT2D eigenvalue weighted by atomic mass is 35.5. The van der Waals surface area contributed by atoms with Crippen LogP contribution >= 0.6 is 22.9 Å². The fourth-order valence-corrected chi connectivity index (χ4v) is 7.03. The number of pyridine rings is 1. The van der Waals surface area contributed by atoms with Crippen LogP contribution in [0.15, 0.2) is 46.1 Å². The van der Waals surface area contributed by atoms with E-state index < -0.39 is 21.8 Å². The summed E-state index contributed by atoms with van der Waals surface area (Å²) >= 11 is 7.34. The van der Waals surface area contributed by atoms with Gasteiger partial charge in [-0.05, 0) is 42.5 Å². The van der Waals surface area contributed by atoms with Crippen LogP contribution in [0.3, 0.4) is 0 Å². The summed E-state index contributed by atoms with van der Waals surface area (Å²) in [4.78, 5) is 3.97. The highest BCUT2D eigenvalue weighted by Gasteiger charge is 2.33. The second-order valence-electron chi connectivity index (χ2n) is 8.58. The topological polar surface area (TPSA) is 78.0 Å². The van der Waals surface area contributed by atoms with E-state index in [4.69, 9.17) is 25.8 Å². The normalized spacial score (nSPS) is 18.8. The summed E-state index contributed by atoms with van der Waals surface area (Å²) in [6, 6.07) is 7.22. The molecular weight excluding hydrogens is 553 g/mol. The molecule has 4 heterocycles. The second kappa shape index (κ2) is 10.4. The Kier molecular flexibility index (Phi) is 7.38. The molecule has 0 saturated carbocycles. The predicted molar refractivity (Wildman–Crippen MR) is 132 cm³/mol. The van der Waals surface area contributed by atoms with Gasteiger partial charge in [-0.3, -0.25) is 4.98 Å². The molecule has 5 rings (SSSR count). The minimum absolute atomic E-state index is 0.0298. The van der Waals surface area contributed by atoms with Crippen LogP contribution in [-0.2, 0) is 27.5 Å². The Morgan fingerprint density at radius 1 is 1.24 bits per heavy atom. The van der Waals surface area contributed by atoms with E-state index in [1.165, 1.54) is 10.4 Å². The number of sulfonamides is 1. The number of rotatable bonds is 6. The summed E-state index contributed by atoms with van der Waals surface area (Å²) in [5, 5.41) is 1.49. The van der Waals surface area contributed by atoms with Gasteiger partial charge in [0.1, 0.15) is 17.4 Å². The SMILES string of the molecule is O=S(=O)(c1cccs1)N1CCOc2c(cc(-c3ncc(C(F)(F)F)cc3Cl)cc2OCC2CCCO2)C1. The largest absolute Gasteiger partial charge is 0.488 e. The number of ether oxygens (including phenoxy) is 3. The molecule has 1 unspecified atom stereocenters. The van der Waals surface area contributed by atoms with Crippen LogP contribution in [0.25, 0.3) is 11.3 Å². The molecule has 37 heavy (non-hydrogen) atoms. The van der Waals surface area contributed by atoms with Crippen molar-refractivity contribution in [1.29, 1.82) is 0 Å². The summed E-state index contributed by atoms with van der Waals surface area (Å²) in [6.45, 7) is 1.05. The Hall–Kier alpha value is -2.38. The lowest BCUT2D eigenvalue weighted by molar-refractivity contribution is -0.137. The summed E-state index contributed by atoms with van der Waals surface area (Å²) in [6.07, 6.45) is -2.23. The zero-order valence-electron chi connectivity index (χ0n) is 19.3. The first kappa shape index (κ1) is 26.2. The molecule has 2 aromatic heterocycles. The van der Waals surface area contributed by atoms with Crippen LogP contribution < -0.4 is 9.47 Å². The molecule has 0 bridgehead atoms. The van der Waals surface area contributed by atoms with Crippen LogP contribution in [0.4, 0.5) is 13.2 Å². The van der Waals surface area contributed by atoms with Gasteiger partial charge in [0.25, 0.3) is 10.0 Å². The van der Waals surface area contributed by atoms with Crippen LogP contribution in [0.2, 0.25) is 5.02 Å². The van der Waals surface area contributed by atoms with Crippen LogP contribution in [0.1, 0.15) is 24.0 Å². The molecule has 1 atom stereocenters. The lowest BCUT2D eigenvalue weighted by atomic mass is 10.0. The van der Waals surface area contributed by atoms with Crippen LogP contribution in [-0.4, -0.2) is 50.2 Å². The number of alkyl halides is 3. The van der Waals surface area contributed by atoms with Crippen LogP contribution in [0.5, 0.6) is 11.5 Å². The van der Waals surface area contributed by atoms with Gasteiger partial charge in [-0.1, -0.05) is 17.7 Å². The minimum atomic E-state index is -4.59. The number of halogens is 4. The van der Waals surface area contributed by atoms with Gasteiger partial charge in [-0.2, -0.15) is 17.5 Å². The van der Waals surface area contributed by atoms with Crippen molar-refractivity contribution in [1.82, 2.24) is 9.29 Å². The molecule has 2 aliphatic heterocycles. The first-order chi connectivity index (χ1) is 17.6. The van der Waals surface area contributed by atoms with Crippen molar-refractivity contribution in [2.24, 2.45) is 0 Å². The quantitative estimate of drug-likeness (QED) is 0.380. The average molecular weight is 575 g/mol. The van der Waals surface area contributed by atoms with Gasteiger partial charge in [0.05, 0.1) is 22.4 Å². The van der Waals surface area contributed by atoms with E-state index in [9.17, 15) is 21.6 Å². The molecular formula is C24H22ClF3N2O5S2. The van der Waals surface area contributed by atoms with E-state index in [1.807, 2.05) is 0 Å². The molecule has 13 heteroatoms. The Labute approximate surface area is 220 Å². The minimum Gasteiger partial charge on any atom is -0.488 e. The van der Waals surface area contributed by atoms with Crippen molar-refractivity contribution < 1.29 is 35.8 Å². The average Bonchev–Trinajstić information content (AvgIpc) is 3.53. The molecule has 0 radical (unpaired) electrons. The molecule has 2 aliphatic rings. The molecule has 1 aromatic carbocycles. The maximum atomic E-state index is 13.2. The van der Waals surface area contributed by atoms with Gasteiger partial charge in [-0.15, -0.1) is 11.3 Å². The predicted octanol–water partition coefficient (Wildman–Crippen LogP) is 5.62. The van der Waals surface area contributed by atoms with Gasteiger partial charge in [-0.25, -0.2) is 8.42 Å². The van der Waals surface area contributed by atoms with E-state index in [2.05, 4.69) is 4.98 Å². The number of nitrogens with zero attached hydrogens (tertiary/aromatic N) is 2. The first-order valence-electron chi connectivity index (χ1n) is 11.4. The molecule has 1 fully saturated rings. The Morgan fingerprint density at radius 3 is 2.76 bits per heavy atom. The number of fused-ring (bicyclic) bond motifs is 1. The van der Waals surface area contributed by atoms with Gasteiger partial charge >= 0.3 is 6.18 Å². The Bertz CT molecular complexity index is 1380. The van der Waals surface area contributed by atoms with Gasteiger partial charge in [0.15, 0.2) is 11.5 Å². The van der Waals surface area contributed by atoms with Gasteiger partial charge in [0.2, 0.25) is 0 Å². The molecule has 0 N–H and O–H groups in total. The lowest BCUT2D eigenvalue weighted by Crippen LogP contribution is -2.32. The fourth-order valence-electron chi connectivity index (χ4n) is 4.21. The molecule has 0 spiro atoms. The zero-order valence-corrected chi connectivity index (χ0v) is 21.7. The third-order valence-corrected chi connectivity index (χ3v) is 9.55. The highest BCUT2D eigenvalue weighted by molar-refractivity contribution is 7.91. The van der Waals surface area contributed by atoms with Gasteiger partial charge in [0, 0.05) is 37.0 Å². The number of aromatic nitrogens is 1. The Morgan fingerprint density at radius 2 is 2.08 bits per heavy atom. The van der Waals surface area contributed by atoms with E-state index >= 15 is 0 Å². The number of hydrogen-bond acceptors (Lipinski definition) is 7. The Balaban J connectivity index is 1.55. The molecule has 0 amide bonds. The number of thiophene rings is 1. The second-order valence-corrected chi connectivity index (χ2v) is 12.1. The summed E-state index contributed by atoms with van der Waals surface area (Å²) in [5.74, 6) is 0.685. The molecule has 198 valence electrons. The summed E-state index contributed by atoms with van der Waals surface area (Å²) in [5.41, 5.74) is -0.00668. The maximum absolute atomic E-state index is 13.2. The standard InChI is InChI=1S/C24H22ClF3N2O5S2/c25-19-11-17(24(26,27)28)12-29-22(19)15-9-16-13-30(37(31,32)21-4-2-8-36-21)5-7-34-23(16)20(10-15)35-14-18-3-1-6-33-18/h2,4,8-12,18H,1,3,5-7,13-14H2. The van der Waals surface area contributed by atoms with Crippen molar-refractivity contribution in [2.75, 3.05) is 26.4 Å². The monoisotopic (exact) mass is 574 g/mol. The van der Waals surface area contributed by atoms with E-state index in [0.717, 1.165) is 30.2 Å². The van der Waals surface area contributed by atoms with Gasteiger partial charge < -0.3 is 14.2 Å². The van der Waals surface area contributed by atoms with E-state index in [0.29, 0.717) is 35.4 Å². The molecule has 1 saturated heterocycles. The maximum Gasteiger partial charge on any atom is 0.417 e. The third-order valence-electron chi connectivity index (χ3n) is 6.05. The molecule has 3 aromatic rings. The van der Waals surface area contributed by atoms with E-state index in [1.54, 1.807) is 23.6 Å². The van der Waals surface area contributed by atoms with Crippen molar-refractivity contribution in [3.63, 3.8) is 0 Å². The van der Waals surface area contributed by atoms with E-state index in [-0.39, 0.29) is 47.3 Å². The van der Waals surface area contributed by atoms with Crippen molar-refractivity contribution in [3.8, 4) is 22.8 Å². The van der Waals surface area contributed by atoms with Crippen LogP contribution in [0, 0.1) is 0 Å². The lowest BCUT2D eigenvalue weighted by Gasteiger charge is -2.20. The molecule has 7 nitrogen and oxygen atoms in total. The first-order valence-corrected chi connectivity index (χ1v) is 14.1.